The van der Waals surface area contributed by atoms with Crippen molar-refractivity contribution in [2.24, 2.45) is 5.41 Å². The first kappa shape index (κ1) is 54.5. The number of benzene rings is 5. The SMILES string of the molecule is C=C(CN(C)CC#CCOc1ccc2c(OCc3nnc4ccc(-c5ccccc5)nn34)ccnc2c1)CC(C)(C)C.C=C(CO)CNc1cccc(-c2ccc3c(OCc4nnc5ccc(-c6ccccc6)nn45)ccnc3c2)c1. The molecule has 0 aliphatic rings. The van der Waals surface area contributed by atoms with Crippen molar-refractivity contribution in [1.29, 1.82) is 0 Å². The normalized spacial score (nSPS) is 11.3. The zero-order valence-corrected chi connectivity index (χ0v) is 45.8. The predicted molar refractivity (Wildman–Crippen MR) is 319 cm³/mol. The molecule has 0 bridgehead atoms. The zero-order valence-electron chi connectivity index (χ0n) is 45.8. The summed E-state index contributed by atoms with van der Waals surface area (Å²) < 4.78 is 21.7. The van der Waals surface area contributed by atoms with Crippen molar-refractivity contribution in [2.75, 3.05) is 45.2 Å². The van der Waals surface area contributed by atoms with Gasteiger partial charge in [-0.3, -0.25) is 14.9 Å². The third-order valence-corrected chi connectivity index (χ3v) is 12.9. The summed E-state index contributed by atoms with van der Waals surface area (Å²) in [5.41, 5.74) is 11.9. The van der Waals surface area contributed by atoms with Gasteiger partial charge in [0, 0.05) is 59.1 Å². The maximum atomic E-state index is 9.19. The summed E-state index contributed by atoms with van der Waals surface area (Å²) >= 11 is 0. The highest BCUT2D eigenvalue weighted by Crippen LogP contribution is 2.32. The molecule has 5 aromatic carbocycles. The summed E-state index contributed by atoms with van der Waals surface area (Å²) in [6.07, 6.45) is 4.47. The summed E-state index contributed by atoms with van der Waals surface area (Å²) in [6, 6.07) is 51.4. The standard InChI is InChI=1S/C34H36N6O2.C31H26N6O2/c1-25(22-34(2,3)4)23-39(5)19-9-10-20-41-27-13-14-28-30(21-27)35-18-17-31(28)42-24-33-37-36-32-16-15-29(38-40(32)33)26-11-7-6-8-12-26;1-21(19-38)18-33-25-9-5-8-23(16-25)24-10-11-26-28(17-24)32-15-14-29(26)39-20-31-35-34-30-13-12-27(36-37(30)31)22-6-3-2-4-7-22/h6-8,11-18,21H,1,19-20,22-24H2,2-5H3;2-17,33,38H,1,18-20H2. The van der Waals surface area contributed by atoms with Gasteiger partial charge in [-0.1, -0.05) is 130 Å². The number of hydrogen-bond acceptors (Lipinski definition) is 14. The Morgan fingerprint density at radius 1 is 0.593 bits per heavy atom. The van der Waals surface area contributed by atoms with Crippen LogP contribution in [0.2, 0.25) is 0 Å². The van der Waals surface area contributed by atoms with Gasteiger partial charge in [-0.15, -0.1) is 20.4 Å². The molecule has 0 saturated carbocycles. The van der Waals surface area contributed by atoms with E-state index in [1.807, 2.05) is 140 Å². The third-order valence-electron chi connectivity index (χ3n) is 12.9. The molecular formula is C65H62N12O4. The Kier molecular flexibility index (Phi) is 17.0. The molecule has 6 aromatic heterocycles. The molecule has 0 aliphatic heterocycles. The Balaban J connectivity index is 0.000000182. The van der Waals surface area contributed by atoms with E-state index in [0.29, 0.717) is 59.9 Å². The van der Waals surface area contributed by atoms with Crippen LogP contribution in [0.4, 0.5) is 5.69 Å². The Hall–Kier alpha value is -9.82. The van der Waals surface area contributed by atoms with Crippen molar-refractivity contribution < 1.29 is 19.3 Å². The first-order chi connectivity index (χ1) is 39.4. The van der Waals surface area contributed by atoms with Gasteiger partial charge in [-0.2, -0.15) is 19.2 Å². The lowest BCUT2D eigenvalue weighted by atomic mass is 9.88. The first-order valence-electron chi connectivity index (χ1n) is 26.6. The van der Waals surface area contributed by atoms with Gasteiger partial charge in [0.1, 0.15) is 37.1 Å². The van der Waals surface area contributed by atoms with Gasteiger partial charge in [0.2, 0.25) is 0 Å². The minimum absolute atomic E-state index is 0.0357. The number of rotatable bonds is 19. The summed E-state index contributed by atoms with van der Waals surface area (Å²) in [6.45, 7) is 17.4. The van der Waals surface area contributed by atoms with Gasteiger partial charge in [0.05, 0.1) is 35.6 Å². The average molecular weight is 1080 g/mol. The lowest BCUT2D eigenvalue weighted by Gasteiger charge is -2.22. The van der Waals surface area contributed by atoms with Crippen molar-refractivity contribution in [3.63, 3.8) is 0 Å². The van der Waals surface area contributed by atoms with Gasteiger partial charge >= 0.3 is 0 Å². The second-order valence-corrected chi connectivity index (χ2v) is 20.7. The highest BCUT2D eigenvalue weighted by atomic mass is 16.5. The lowest BCUT2D eigenvalue weighted by Crippen LogP contribution is -2.23. The van der Waals surface area contributed by atoms with E-state index >= 15 is 0 Å². The van der Waals surface area contributed by atoms with Crippen molar-refractivity contribution >= 4 is 38.8 Å². The van der Waals surface area contributed by atoms with Crippen LogP contribution in [0, 0.1) is 17.3 Å². The fraction of sp³-hybridized carbons (Fsp3) is 0.200. The van der Waals surface area contributed by atoms with Crippen LogP contribution in [-0.4, -0.2) is 99.5 Å². The summed E-state index contributed by atoms with van der Waals surface area (Å²) in [7, 11) is 2.06. The fourth-order valence-corrected chi connectivity index (χ4v) is 9.10. The molecule has 0 fully saturated rings. The van der Waals surface area contributed by atoms with Crippen molar-refractivity contribution in [3.8, 4) is 62.7 Å². The number of aliphatic hydroxyl groups is 1. The van der Waals surface area contributed by atoms with Crippen LogP contribution in [0.1, 0.15) is 38.8 Å². The van der Waals surface area contributed by atoms with Crippen LogP contribution >= 0.6 is 0 Å². The fourth-order valence-electron chi connectivity index (χ4n) is 9.10. The average Bonchev–Trinajstić information content (AvgIpc) is 4.28. The van der Waals surface area contributed by atoms with Crippen molar-refractivity contribution in [2.45, 2.75) is 40.4 Å². The van der Waals surface area contributed by atoms with Gasteiger partial charge in [0.25, 0.3) is 0 Å². The second kappa shape index (κ2) is 25.3. The van der Waals surface area contributed by atoms with Gasteiger partial charge in [-0.05, 0) is 108 Å². The Labute approximate surface area is 470 Å². The highest BCUT2D eigenvalue weighted by Gasteiger charge is 2.16. The molecule has 0 unspecified atom stereocenters. The predicted octanol–water partition coefficient (Wildman–Crippen LogP) is 11.8. The quantitative estimate of drug-likeness (QED) is 0.0578. The number of ether oxygens (including phenoxy) is 3. The molecule has 11 aromatic rings. The molecule has 406 valence electrons. The third kappa shape index (κ3) is 14.1. The van der Waals surface area contributed by atoms with E-state index in [2.05, 4.69) is 112 Å². The number of hydrogen-bond donors (Lipinski definition) is 2. The number of nitrogens with one attached hydrogen (secondary N) is 1. The largest absolute Gasteiger partial charge is 0.485 e. The Morgan fingerprint density at radius 2 is 1.16 bits per heavy atom. The maximum Gasteiger partial charge on any atom is 0.192 e. The summed E-state index contributed by atoms with van der Waals surface area (Å²) in [5.74, 6) is 9.60. The van der Waals surface area contributed by atoms with E-state index in [1.54, 1.807) is 21.4 Å². The molecule has 0 spiro atoms. The molecule has 6 heterocycles. The Morgan fingerprint density at radius 3 is 1.75 bits per heavy atom. The van der Waals surface area contributed by atoms with Crippen LogP contribution in [-0.2, 0) is 13.2 Å². The molecule has 0 atom stereocenters. The molecule has 0 radical (unpaired) electrons. The smallest absolute Gasteiger partial charge is 0.192 e. The minimum atomic E-state index is -0.0357. The van der Waals surface area contributed by atoms with E-state index in [1.165, 1.54) is 5.57 Å². The molecule has 11 rings (SSSR count). The highest BCUT2D eigenvalue weighted by molar-refractivity contribution is 5.89. The van der Waals surface area contributed by atoms with Gasteiger partial charge in [0.15, 0.2) is 22.9 Å². The van der Waals surface area contributed by atoms with E-state index in [4.69, 9.17) is 24.4 Å². The summed E-state index contributed by atoms with van der Waals surface area (Å²) in [5, 5.41) is 40.8. The molecule has 16 nitrogen and oxygen atoms in total. The van der Waals surface area contributed by atoms with Crippen LogP contribution < -0.4 is 19.5 Å². The molecule has 2 N–H and O–H groups in total. The zero-order chi connectivity index (χ0) is 56.1. The van der Waals surface area contributed by atoms with Crippen LogP contribution in [0.25, 0.3) is 66.7 Å². The molecule has 0 saturated heterocycles. The van der Waals surface area contributed by atoms with Gasteiger partial charge < -0.3 is 24.6 Å². The number of aliphatic hydroxyl groups excluding tert-OH is 1. The number of fused-ring (bicyclic) bond motifs is 4. The first-order valence-corrected chi connectivity index (χ1v) is 26.6. The van der Waals surface area contributed by atoms with E-state index in [9.17, 15) is 5.11 Å². The van der Waals surface area contributed by atoms with Crippen LogP contribution in [0.3, 0.4) is 0 Å². The van der Waals surface area contributed by atoms with Crippen molar-refractivity contribution in [3.05, 3.63) is 206 Å². The summed E-state index contributed by atoms with van der Waals surface area (Å²) in [4.78, 5) is 11.3. The van der Waals surface area contributed by atoms with Crippen LogP contribution in [0.5, 0.6) is 17.2 Å². The lowest BCUT2D eigenvalue weighted by molar-refractivity contribution is 0.296. The molecule has 81 heavy (non-hydrogen) atoms. The number of nitrogens with zero attached hydrogens (tertiary/aromatic N) is 11. The monoisotopic (exact) mass is 1070 g/mol. The minimum Gasteiger partial charge on any atom is -0.485 e. The number of aromatic nitrogens is 10. The maximum absolute atomic E-state index is 9.19. The Bertz CT molecular complexity index is 4050. The van der Waals surface area contributed by atoms with Crippen LogP contribution in [0.15, 0.2) is 194 Å². The molecular weight excluding hydrogens is 1010 g/mol. The van der Waals surface area contributed by atoms with E-state index in [0.717, 1.165) is 79.7 Å². The number of anilines is 1. The second-order valence-electron chi connectivity index (χ2n) is 20.7. The molecule has 0 amide bonds. The molecule has 0 aliphatic carbocycles. The molecule has 16 heteroatoms. The number of pyridine rings is 2. The van der Waals surface area contributed by atoms with E-state index in [-0.39, 0.29) is 25.2 Å². The topological polar surface area (TPSA) is 175 Å². The number of likely N-dealkylation sites (N-methyl/N-ethyl adjacent to an activating group) is 1. The van der Waals surface area contributed by atoms with E-state index < -0.39 is 0 Å². The van der Waals surface area contributed by atoms with Crippen molar-refractivity contribution in [1.82, 2.24) is 54.5 Å². The van der Waals surface area contributed by atoms with Gasteiger partial charge in [-0.25, -0.2) is 0 Å².